The molecule has 1 fully saturated rings. The van der Waals surface area contributed by atoms with Crippen molar-refractivity contribution in [3.63, 3.8) is 0 Å². The molecule has 0 bridgehead atoms. The fourth-order valence-electron chi connectivity index (χ4n) is 6.79. The van der Waals surface area contributed by atoms with Gasteiger partial charge in [-0.2, -0.15) is 0 Å². The van der Waals surface area contributed by atoms with E-state index in [2.05, 4.69) is 57.7 Å². The van der Waals surface area contributed by atoms with Gasteiger partial charge in [-0.1, -0.05) is 30.3 Å². The summed E-state index contributed by atoms with van der Waals surface area (Å²) in [5.74, 6) is 3.72. The van der Waals surface area contributed by atoms with Crippen molar-refractivity contribution in [3.05, 3.63) is 114 Å². The monoisotopic (exact) mass is 702 g/mol. The van der Waals surface area contributed by atoms with Gasteiger partial charge in [0.05, 0.1) is 33.6 Å². The Morgan fingerprint density at radius 2 is 1.46 bits per heavy atom. The van der Waals surface area contributed by atoms with E-state index in [1.54, 1.807) is 28.4 Å². The molecule has 4 aromatic carbocycles. The van der Waals surface area contributed by atoms with Gasteiger partial charge in [0.15, 0.2) is 0 Å². The van der Waals surface area contributed by atoms with E-state index in [0.29, 0.717) is 37.9 Å². The van der Waals surface area contributed by atoms with Gasteiger partial charge in [0, 0.05) is 81.7 Å². The summed E-state index contributed by atoms with van der Waals surface area (Å²) in [5, 5.41) is 4.47. The van der Waals surface area contributed by atoms with Crippen LogP contribution in [0.15, 0.2) is 91.1 Å². The number of para-hydroxylation sites is 1. The number of hydrogen-bond donors (Lipinski definition) is 1. The maximum absolute atomic E-state index is 5.74. The van der Waals surface area contributed by atoms with Gasteiger partial charge in [0.25, 0.3) is 0 Å². The molecule has 0 radical (unpaired) electrons. The van der Waals surface area contributed by atoms with Crippen LogP contribution in [0.25, 0.3) is 16.6 Å². The first-order chi connectivity index (χ1) is 25.6. The van der Waals surface area contributed by atoms with Crippen LogP contribution in [-0.4, -0.2) is 87.1 Å². The van der Waals surface area contributed by atoms with Gasteiger partial charge < -0.3 is 33.9 Å². The Bertz CT molecular complexity index is 2110. The molecule has 0 spiro atoms. The van der Waals surface area contributed by atoms with E-state index in [-0.39, 0.29) is 0 Å². The Balaban J connectivity index is 1.08. The average molecular weight is 703 g/mol. The van der Waals surface area contributed by atoms with Crippen molar-refractivity contribution in [1.82, 2.24) is 19.3 Å². The molecule has 270 valence electrons. The number of nitrogens with one attached hydrogen (secondary N) is 1. The van der Waals surface area contributed by atoms with Crippen molar-refractivity contribution in [2.75, 3.05) is 78.0 Å². The summed E-state index contributed by atoms with van der Waals surface area (Å²) in [5.41, 5.74) is 7.34. The molecule has 6 aromatic rings. The van der Waals surface area contributed by atoms with Crippen molar-refractivity contribution in [1.29, 1.82) is 0 Å². The second kappa shape index (κ2) is 16.2. The first kappa shape index (κ1) is 34.9. The zero-order valence-corrected chi connectivity index (χ0v) is 30.3. The summed E-state index contributed by atoms with van der Waals surface area (Å²) in [7, 11) is 6.66. The molecule has 7 rings (SSSR count). The predicted octanol–water partition coefficient (Wildman–Crippen LogP) is 6.46. The van der Waals surface area contributed by atoms with Crippen molar-refractivity contribution >= 4 is 28.2 Å². The number of hydrogen-bond acceptors (Lipinski definition) is 10. The summed E-state index contributed by atoms with van der Waals surface area (Å²) in [6, 6.07) is 28.9. The normalized spacial score (nSPS) is 13.4. The third-order valence-corrected chi connectivity index (χ3v) is 9.61. The number of nitrogens with zero attached hydrogens (tertiary/aromatic N) is 5. The third kappa shape index (κ3) is 7.70. The number of aromatic nitrogens is 3. The number of fused-ring (bicyclic) bond motifs is 3. The van der Waals surface area contributed by atoms with E-state index in [9.17, 15) is 0 Å². The van der Waals surface area contributed by atoms with Gasteiger partial charge in [-0.15, -0.1) is 0 Å². The Morgan fingerprint density at radius 1 is 0.692 bits per heavy atom. The molecule has 0 amide bonds. The first-order valence-electron chi connectivity index (χ1n) is 17.6. The van der Waals surface area contributed by atoms with Crippen LogP contribution in [0.3, 0.4) is 0 Å². The average Bonchev–Trinajstić information content (AvgIpc) is 3.62. The van der Waals surface area contributed by atoms with Gasteiger partial charge in [-0.05, 0) is 59.7 Å². The summed E-state index contributed by atoms with van der Waals surface area (Å²) >= 11 is 0. The number of benzene rings is 4. The molecule has 2 aromatic heterocycles. The third-order valence-electron chi connectivity index (χ3n) is 9.61. The lowest BCUT2D eigenvalue weighted by Gasteiger charge is -2.36. The summed E-state index contributed by atoms with van der Waals surface area (Å²) < 4.78 is 29.6. The quantitative estimate of drug-likeness (QED) is 0.120. The van der Waals surface area contributed by atoms with Crippen LogP contribution in [0.1, 0.15) is 22.4 Å². The van der Waals surface area contributed by atoms with E-state index in [1.165, 1.54) is 16.8 Å². The molecule has 52 heavy (non-hydrogen) atoms. The Hall–Kier alpha value is -5.52. The summed E-state index contributed by atoms with van der Waals surface area (Å²) in [6.07, 6.45) is 2.80. The minimum absolute atomic E-state index is 0.494. The smallest absolute Gasteiger partial charge is 0.209 e. The zero-order chi connectivity index (χ0) is 35.9. The topological polar surface area (TPSA) is 94.9 Å². The van der Waals surface area contributed by atoms with Crippen LogP contribution in [-0.2, 0) is 24.2 Å². The molecule has 3 heterocycles. The number of piperazine rings is 1. The number of ether oxygens (including phenoxy) is 5. The molecule has 0 saturated carbocycles. The highest BCUT2D eigenvalue weighted by atomic mass is 16.5. The van der Waals surface area contributed by atoms with E-state index < -0.39 is 0 Å². The Labute approximate surface area is 304 Å². The highest BCUT2D eigenvalue weighted by molar-refractivity contribution is 5.96. The number of rotatable bonds is 15. The molecule has 11 nitrogen and oxygen atoms in total. The van der Waals surface area contributed by atoms with Crippen molar-refractivity contribution in [3.8, 4) is 23.0 Å². The molecule has 0 atom stereocenters. The highest BCUT2D eigenvalue weighted by Gasteiger charge is 2.20. The minimum atomic E-state index is 0.494. The molecule has 1 saturated heterocycles. The fourth-order valence-corrected chi connectivity index (χ4v) is 6.79. The van der Waals surface area contributed by atoms with Gasteiger partial charge in [-0.3, -0.25) is 9.30 Å². The second-order valence-corrected chi connectivity index (χ2v) is 12.8. The SMILES string of the molecule is COCCOc1ccc(N2CCN(Cc3ccccc3Cc3cn4c(NCc5ccc(OC)cc5OC)nc5c(OC)cccc5c4n3)CC2)cc1. The molecule has 1 aliphatic rings. The molecule has 0 unspecified atom stereocenters. The van der Waals surface area contributed by atoms with Gasteiger partial charge in [0.1, 0.15) is 40.8 Å². The molecule has 1 aliphatic heterocycles. The van der Waals surface area contributed by atoms with Crippen LogP contribution in [0.2, 0.25) is 0 Å². The zero-order valence-electron chi connectivity index (χ0n) is 30.3. The molecular formula is C41H46N6O5. The lowest BCUT2D eigenvalue weighted by molar-refractivity contribution is 0.146. The number of methoxy groups -OCH3 is 4. The largest absolute Gasteiger partial charge is 0.497 e. The van der Waals surface area contributed by atoms with Gasteiger partial charge in [-0.25, -0.2) is 9.97 Å². The highest BCUT2D eigenvalue weighted by Crippen LogP contribution is 2.31. The number of imidazole rings is 1. The standard InChI is InChI=1S/C41H46N6O5/c1-48-22-23-52-34-16-13-33(14-17-34)46-20-18-45(19-21-46)27-31-9-6-5-8-29(31)24-32-28-47-40(43-32)36-10-7-11-37(50-3)39(36)44-41(47)42-26-30-12-15-35(49-2)25-38(30)51-4/h5-17,25,28H,18-24,26-27H2,1-4H3,(H,42,44). The minimum Gasteiger partial charge on any atom is -0.497 e. The molecule has 1 N–H and O–H groups in total. The van der Waals surface area contributed by atoms with E-state index in [1.807, 2.05) is 52.9 Å². The molecular weight excluding hydrogens is 656 g/mol. The van der Waals surface area contributed by atoms with Crippen molar-refractivity contribution in [2.45, 2.75) is 19.5 Å². The summed E-state index contributed by atoms with van der Waals surface area (Å²) in [4.78, 5) is 15.2. The second-order valence-electron chi connectivity index (χ2n) is 12.8. The van der Waals surface area contributed by atoms with Crippen LogP contribution in [0.5, 0.6) is 23.0 Å². The maximum Gasteiger partial charge on any atom is 0.209 e. The first-order valence-corrected chi connectivity index (χ1v) is 17.6. The van der Waals surface area contributed by atoms with E-state index in [4.69, 9.17) is 33.7 Å². The van der Waals surface area contributed by atoms with E-state index in [0.717, 1.165) is 77.8 Å². The lowest BCUT2D eigenvalue weighted by atomic mass is 10.0. The van der Waals surface area contributed by atoms with Crippen molar-refractivity contribution in [2.24, 2.45) is 0 Å². The lowest BCUT2D eigenvalue weighted by Crippen LogP contribution is -2.46. The van der Waals surface area contributed by atoms with Crippen LogP contribution in [0, 0.1) is 0 Å². The summed E-state index contributed by atoms with van der Waals surface area (Å²) in [6.45, 7) is 6.44. The fraction of sp³-hybridized carbons (Fsp3) is 0.317. The number of anilines is 2. The Morgan fingerprint density at radius 3 is 2.21 bits per heavy atom. The van der Waals surface area contributed by atoms with Crippen LogP contribution < -0.4 is 29.2 Å². The van der Waals surface area contributed by atoms with Crippen molar-refractivity contribution < 1.29 is 23.7 Å². The van der Waals surface area contributed by atoms with E-state index >= 15 is 0 Å². The van der Waals surface area contributed by atoms with Gasteiger partial charge >= 0.3 is 0 Å². The predicted molar refractivity (Wildman–Crippen MR) is 204 cm³/mol. The van der Waals surface area contributed by atoms with Crippen LogP contribution in [0.4, 0.5) is 11.6 Å². The Kier molecular flexibility index (Phi) is 10.9. The van der Waals surface area contributed by atoms with Gasteiger partial charge in [0.2, 0.25) is 5.95 Å². The van der Waals surface area contributed by atoms with Crippen LogP contribution >= 0.6 is 0 Å². The molecule has 0 aliphatic carbocycles. The molecule has 11 heteroatoms. The maximum atomic E-state index is 5.74.